The van der Waals surface area contributed by atoms with Crippen molar-refractivity contribution >= 4 is 0 Å². The Morgan fingerprint density at radius 3 is 2.88 bits per heavy atom. The molecule has 1 aromatic rings. The SMILES string of the molecule is COc1ccc(F)cc1C(N)C1CCOC1C. The van der Waals surface area contributed by atoms with Gasteiger partial charge in [0.15, 0.2) is 0 Å². The first-order valence-electron chi connectivity index (χ1n) is 5.84. The molecule has 1 heterocycles. The molecule has 2 N–H and O–H groups in total. The molecule has 3 nitrogen and oxygen atoms in total. The zero-order chi connectivity index (χ0) is 12.4. The number of methoxy groups -OCH3 is 1. The number of rotatable bonds is 3. The summed E-state index contributed by atoms with van der Waals surface area (Å²) in [5.74, 6) is 0.562. The molecule has 17 heavy (non-hydrogen) atoms. The Kier molecular flexibility index (Phi) is 3.64. The second kappa shape index (κ2) is 5.02. The van der Waals surface area contributed by atoms with Gasteiger partial charge < -0.3 is 15.2 Å². The smallest absolute Gasteiger partial charge is 0.123 e. The molecule has 4 heteroatoms. The van der Waals surface area contributed by atoms with Crippen molar-refractivity contribution in [1.29, 1.82) is 0 Å². The number of benzene rings is 1. The summed E-state index contributed by atoms with van der Waals surface area (Å²) in [6.45, 7) is 2.72. The van der Waals surface area contributed by atoms with E-state index in [1.54, 1.807) is 13.2 Å². The van der Waals surface area contributed by atoms with E-state index in [4.69, 9.17) is 15.2 Å². The zero-order valence-electron chi connectivity index (χ0n) is 10.2. The lowest BCUT2D eigenvalue weighted by Crippen LogP contribution is -2.27. The lowest BCUT2D eigenvalue weighted by molar-refractivity contribution is 0.0992. The highest BCUT2D eigenvalue weighted by atomic mass is 19.1. The second-order valence-corrected chi connectivity index (χ2v) is 4.44. The van der Waals surface area contributed by atoms with E-state index in [1.165, 1.54) is 12.1 Å². The van der Waals surface area contributed by atoms with Crippen molar-refractivity contribution in [2.24, 2.45) is 11.7 Å². The third kappa shape index (κ3) is 2.42. The van der Waals surface area contributed by atoms with Gasteiger partial charge in [-0.3, -0.25) is 0 Å². The van der Waals surface area contributed by atoms with Crippen molar-refractivity contribution in [3.05, 3.63) is 29.6 Å². The fourth-order valence-electron chi connectivity index (χ4n) is 2.42. The summed E-state index contributed by atoms with van der Waals surface area (Å²) in [7, 11) is 1.57. The monoisotopic (exact) mass is 239 g/mol. The fraction of sp³-hybridized carbons (Fsp3) is 0.538. The van der Waals surface area contributed by atoms with Crippen molar-refractivity contribution < 1.29 is 13.9 Å². The molecule has 0 radical (unpaired) electrons. The van der Waals surface area contributed by atoms with Crippen LogP contribution in [0.4, 0.5) is 4.39 Å². The highest BCUT2D eigenvalue weighted by molar-refractivity contribution is 5.37. The number of hydrogen-bond donors (Lipinski definition) is 1. The molecule has 0 aromatic heterocycles. The molecule has 0 spiro atoms. The van der Waals surface area contributed by atoms with Gasteiger partial charge in [0, 0.05) is 24.1 Å². The molecule has 0 amide bonds. The highest BCUT2D eigenvalue weighted by Gasteiger charge is 2.32. The number of ether oxygens (including phenoxy) is 2. The van der Waals surface area contributed by atoms with E-state index in [1.807, 2.05) is 6.92 Å². The van der Waals surface area contributed by atoms with Gasteiger partial charge in [-0.05, 0) is 31.5 Å². The first-order chi connectivity index (χ1) is 8.13. The first-order valence-corrected chi connectivity index (χ1v) is 5.84. The van der Waals surface area contributed by atoms with E-state index >= 15 is 0 Å². The van der Waals surface area contributed by atoms with Gasteiger partial charge in [0.1, 0.15) is 11.6 Å². The van der Waals surface area contributed by atoms with Crippen LogP contribution < -0.4 is 10.5 Å². The van der Waals surface area contributed by atoms with Crippen LogP contribution in [0.5, 0.6) is 5.75 Å². The van der Waals surface area contributed by atoms with Crippen LogP contribution in [0.3, 0.4) is 0 Å². The van der Waals surface area contributed by atoms with Gasteiger partial charge in [0.05, 0.1) is 13.2 Å². The summed E-state index contributed by atoms with van der Waals surface area (Å²) in [4.78, 5) is 0. The Bertz CT molecular complexity index is 397. The van der Waals surface area contributed by atoms with Crippen molar-refractivity contribution in [2.45, 2.75) is 25.5 Å². The van der Waals surface area contributed by atoms with Gasteiger partial charge in [-0.25, -0.2) is 4.39 Å². The Morgan fingerprint density at radius 2 is 2.29 bits per heavy atom. The lowest BCUT2D eigenvalue weighted by atomic mass is 9.88. The number of nitrogens with two attached hydrogens (primary N) is 1. The Balaban J connectivity index is 2.28. The minimum absolute atomic E-state index is 0.109. The molecule has 3 unspecified atom stereocenters. The van der Waals surface area contributed by atoms with Crippen molar-refractivity contribution in [1.82, 2.24) is 0 Å². The minimum atomic E-state index is -0.289. The maximum atomic E-state index is 13.3. The van der Waals surface area contributed by atoms with Crippen LogP contribution in [-0.4, -0.2) is 19.8 Å². The first kappa shape index (κ1) is 12.3. The standard InChI is InChI=1S/C13H18FNO2/c1-8-10(5-6-17-8)13(15)11-7-9(14)3-4-12(11)16-2/h3-4,7-8,10,13H,5-6,15H2,1-2H3. The van der Waals surface area contributed by atoms with Crippen LogP contribution in [0.2, 0.25) is 0 Å². The van der Waals surface area contributed by atoms with E-state index < -0.39 is 0 Å². The van der Waals surface area contributed by atoms with Crippen LogP contribution in [-0.2, 0) is 4.74 Å². The molecule has 1 aliphatic rings. The molecule has 3 atom stereocenters. The molecule has 94 valence electrons. The Morgan fingerprint density at radius 1 is 1.53 bits per heavy atom. The zero-order valence-corrected chi connectivity index (χ0v) is 10.2. The average Bonchev–Trinajstić information content (AvgIpc) is 2.74. The molecular formula is C13H18FNO2. The molecule has 0 aliphatic carbocycles. The molecule has 0 bridgehead atoms. The van der Waals surface area contributed by atoms with E-state index in [2.05, 4.69) is 0 Å². The van der Waals surface area contributed by atoms with Crippen LogP contribution in [0.1, 0.15) is 24.9 Å². The second-order valence-electron chi connectivity index (χ2n) is 4.44. The molecule has 1 aromatic carbocycles. The molecule has 2 rings (SSSR count). The van der Waals surface area contributed by atoms with Gasteiger partial charge in [0.2, 0.25) is 0 Å². The van der Waals surface area contributed by atoms with Crippen molar-refractivity contribution in [3.63, 3.8) is 0 Å². The quantitative estimate of drug-likeness (QED) is 0.880. The molecule has 0 saturated carbocycles. The normalized spacial score (nSPS) is 25.9. The Labute approximate surface area is 101 Å². The molecule has 1 fully saturated rings. The third-order valence-corrected chi connectivity index (χ3v) is 3.45. The van der Waals surface area contributed by atoms with Gasteiger partial charge in [-0.15, -0.1) is 0 Å². The maximum Gasteiger partial charge on any atom is 0.123 e. The van der Waals surface area contributed by atoms with Crippen LogP contribution in [0.25, 0.3) is 0 Å². The van der Waals surface area contributed by atoms with Crippen molar-refractivity contribution in [2.75, 3.05) is 13.7 Å². The Hall–Kier alpha value is -1.13. The topological polar surface area (TPSA) is 44.5 Å². The van der Waals surface area contributed by atoms with E-state index in [0.29, 0.717) is 5.75 Å². The largest absolute Gasteiger partial charge is 0.496 e. The lowest BCUT2D eigenvalue weighted by Gasteiger charge is -2.23. The minimum Gasteiger partial charge on any atom is -0.496 e. The third-order valence-electron chi connectivity index (χ3n) is 3.45. The average molecular weight is 239 g/mol. The van der Waals surface area contributed by atoms with Crippen LogP contribution >= 0.6 is 0 Å². The van der Waals surface area contributed by atoms with Crippen LogP contribution in [0, 0.1) is 11.7 Å². The van der Waals surface area contributed by atoms with Crippen LogP contribution in [0.15, 0.2) is 18.2 Å². The summed E-state index contributed by atoms with van der Waals surface area (Å²) < 4.78 is 24.0. The summed E-state index contributed by atoms with van der Waals surface area (Å²) in [6.07, 6.45) is 1.01. The number of halogens is 1. The van der Waals surface area contributed by atoms with E-state index in [-0.39, 0.29) is 23.9 Å². The molecular weight excluding hydrogens is 221 g/mol. The molecule has 1 aliphatic heterocycles. The fourth-order valence-corrected chi connectivity index (χ4v) is 2.42. The van der Waals surface area contributed by atoms with E-state index in [0.717, 1.165) is 18.6 Å². The maximum absolute atomic E-state index is 13.3. The van der Waals surface area contributed by atoms with Gasteiger partial charge in [0.25, 0.3) is 0 Å². The van der Waals surface area contributed by atoms with Gasteiger partial charge in [-0.2, -0.15) is 0 Å². The summed E-state index contributed by atoms with van der Waals surface area (Å²) in [5.41, 5.74) is 6.93. The number of hydrogen-bond acceptors (Lipinski definition) is 3. The molecule has 1 saturated heterocycles. The predicted molar refractivity (Wildman–Crippen MR) is 63.4 cm³/mol. The van der Waals surface area contributed by atoms with Gasteiger partial charge >= 0.3 is 0 Å². The summed E-state index contributed by atoms with van der Waals surface area (Å²) >= 11 is 0. The van der Waals surface area contributed by atoms with Crippen molar-refractivity contribution in [3.8, 4) is 5.75 Å². The highest BCUT2D eigenvalue weighted by Crippen LogP contribution is 2.35. The van der Waals surface area contributed by atoms with E-state index in [9.17, 15) is 4.39 Å². The van der Waals surface area contributed by atoms with Gasteiger partial charge in [-0.1, -0.05) is 0 Å². The summed E-state index contributed by atoms with van der Waals surface area (Å²) in [5, 5.41) is 0. The summed E-state index contributed by atoms with van der Waals surface area (Å²) in [6, 6.07) is 4.20. The predicted octanol–water partition coefficient (Wildman–Crippen LogP) is 2.26.